The summed E-state index contributed by atoms with van der Waals surface area (Å²) in [5.41, 5.74) is 2.37. The number of hydrogen-bond donors (Lipinski definition) is 0. The van der Waals surface area contributed by atoms with Crippen molar-refractivity contribution in [2.45, 2.75) is 19.8 Å². The highest BCUT2D eigenvalue weighted by Crippen LogP contribution is 2.27. The highest BCUT2D eigenvalue weighted by Gasteiger charge is 2.15. The van der Waals surface area contributed by atoms with Crippen molar-refractivity contribution >= 4 is 5.78 Å². The van der Waals surface area contributed by atoms with Crippen LogP contribution in [0.2, 0.25) is 0 Å². The van der Waals surface area contributed by atoms with Gasteiger partial charge in [0.15, 0.2) is 5.78 Å². The summed E-state index contributed by atoms with van der Waals surface area (Å²) in [6, 6.07) is 12.9. The van der Waals surface area contributed by atoms with E-state index in [9.17, 15) is 4.79 Å². The fourth-order valence-electron chi connectivity index (χ4n) is 2.17. The van der Waals surface area contributed by atoms with Gasteiger partial charge >= 0.3 is 0 Å². The molecule has 3 heteroatoms. The van der Waals surface area contributed by atoms with Crippen molar-refractivity contribution in [3.8, 4) is 11.5 Å². The van der Waals surface area contributed by atoms with Gasteiger partial charge in [-0.1, -0.05) is 38.1 Å². The molecule has 0 radical (unpaired) electrons. The lowest BCUT2D eigenvalue weighted by atomic mass is 9.97. The monoisotopic (exact) mass is 284 g/mol. The quantitative estimate of drug-likeness (QED) is 0.777. The Kier molecular flexibility index (Phi) is 4.63. The van der Waals surface area contributed by atoms with Crippen molar-refractivity contribution in [3.63, 3.8) is 0 Å². The lowest BCUT2D eigenvalue weighted by Crippen LogP contribution is -2.05. The van der Waals surface area contributed by atoms with Crippen LogP contribution in [-0.4, -0.2) is 20.0 Å². The minimum atomic E-state index is -0.0685. The SMILES string of the molecule is COc1ccc(OC)c(C(=O)c2ccc(C(C)C)cc2)c1. The molecule has 0 heterocycles. The molecule has 2 rings (SSSR count). The fourth-order valence-corrected chi connectivity index (χ4v) is 2.17. The van der Waals surface area contributed by atoms with E-state index in [4.69, 9.17) is 9.47 Å². The van der Waals surface area contributed by atoms with Crippen LogP contribution in [0.5, 0.6) is 11.5 Å². The van der Waals surface area contributed by atoms with Crippen molar-refractivity contribution in [3.05, 3.63) is 59.2 Å². The molecule has 0 aliphatic rings. The van der Waals surface area contributed by atoms with Crippen molar-refractivity contribution in [1.82, 2.24) is 0 Å². The molecule has 0 aliphatic heterocycles. The van der Waals surface area contributed by atoms with E-state index in [0.717, 1.165) is 0 Å². The first-order valence-electron chi connectivity index (χ1n) is 6.93. The second-order valence-corrected chi connectivity index (χ2v) is 5.17. The van der Waals surface area contributed by atoms with E-state index in [0.29, 0.717) is 28.5 Å². The van der Waals surface area contributed by atoms with E-state index in [1.165, 1.54) is 5.56 Å². The molecule has 0 fully saturated rings. The Morgan fingerprint density at radius 2 is 1.62 bits per heavy atom. The van der Waals surface area contributed by atoms with Crippen LogP contribution < -0.4 is 9.47 Å². The second kappa shape index (κ2) is 6.44. The number of carbonyl (C=O) groups is 1. The molecule has 0 aromatic heterocycles. The lowest BCUT2D eigenvalue weighted by molar-refractivity contribution is 0.103. The minimum absolute atomic E-state index is 0.0685. The van der Waals surface area contributed by atoms with Crippen LogP contribution in [0.25, 0.3) is 0 Å². The summed E-state index contributed by atoms with van der Waals surface area (Å²) in [6.07, 6.45) is 0. The zero-order valence-electron chi connectivity index (χ0n) is 12.8. The van der Waals surface area contributed by atoms with Gasteiger partial charge in [0.05, 0.1) is 19.8 Å². The average molecular weight is 284 g/mol. The Morgan fingerprint density at radius 1 is 0.952 bits per heavy atom. The molecule has 2 aromatic rings. The summed E-state index contributed by atoms with van der Waals surface area (Å²) in [6.45, 7) is 4.25. The third-order valence-electron chi connectivity index (χ3n) is 3.49. The largest absolute Gasteiger partial charge is 0.497 e. The molecule has 0 N–H and O–H groups in total. The van der Waals surface area contributed by atoms with Crippen LogP contribution in [0, 0.1) is 0 Å². The molecule has 0 saturated carbocycles. The zero-order valence-corrected chi connectivity index (χ0v) is 12.8. The van der Waals surface area contributed by atoms with Gasteiger partial charge in [-0.2, -0.15) is 0 Å². The smallest absolute Gasteiger partial charge is 0.196 e. The van der Waals surface area contributed by atoms with Crippen LogP contribution in [0.1, 0.15) is 41.3 Å². The first-order valence-corrected chi connectivity index (χ1v) is 6.93. The summed E-state index contributed by atoms with van der Waals surface area (Å²) < 4.78 is 10.5. The number of ketones is 1. The number of rotatable bonds is 5. The summed E-state index contributed by atoms with van der Waals surface area (Å²) in [5, 5.41) is 0. The van der Waals surface area contributed by atoms with Gasteiger partial charge in [-0.05, 0) is 29.7 Å². The maximum absolute atomic E-state index is 12.6. The first-order chi connectivity index (χ1) is 10.1. The van der Waals surface area contributed by atoms with Gasteiger partial charge in [0.1, 0.15) is 11.5 Å². The van der Waals surface area contributed by atoms with E-state index in [-0.39, 0.29) is 5.78 Å². The van der Waals surface area contributed by atoms with Gasteiger partial charge in [0.2, 0.25) is 0 Å². The highest BCUT2D eigenvalue weighted by molar-refractivity contribution is 6.11. The molecule has 0 amide bonds. The first kappa shape index (κ1) is 15.1. The molecule has 3 nitrogen and oxygen atoms in total. The molecule has 0 saturated heterocycles. The Morgan fingerprint density at radius 3 is 2.14 bits per heavy atom. The molecule has 0 spiro atoms. The van der Waals surface area contributed by atoms with Crippen molar-refractivity contribution in [2.75, 3.05) is 14.2 Å². The maximum Gasteiger partial charge on any atom is 0.196 e. The predicted molar refractivity (Wildman–Crippen MR) is 83.5 cm³/mol. The number of methoxy groups -OCH3 is 2. The van der Waals surface area contributed by atoms with Crippen LogP contribution in [0.15, 0.2) is 42.5 Å². The van der Waals surface area contributed by atoms with Crippen LogP contribution in [0.3, 0.4) is 0 Å². The number of hydrogen-bond acceptors (Lipinski definition) is 3. The molecule has 21 heavy (non-hydrogen) atoms. The van der Waals surface area contributed by atoms with Crippen LogP contribution >= 0.6 is 0 Å². The third-order valence-corrected chi connectivity index (χ3v) is 3.49. The summed E-state index contributed by atoms with van der Waals surface area (Å²) >= 11 is 0. The van der Waals surface area contributed by atoms with Crippen molar-refractivity contribution in [2.24, 2.45) is 0 Å². The van der Waals surface area contributed by atoms with E-state index < -0.39 is 0 Å². The number of benzene rings is 2. The number of carbonyl (C=O) groups excluding carboxylic acids is 1. The van der Waals surface area contributed by atoms with E-state index >= 15 is 0 Å². The fraction of sp³-hybridized carbons (Fsp3) is 0.278. The molecule has 0 aliphatic carbocycles. The molecule has 2 aromatic carbocycles. The van der Waals surface area contributed by atoms with Gasteiger partial charge in [-0.3, -0.25) is 4.79 Å². The van der Waals surface area contributed by atoms with Crippen LogP contribution in [-0.2, 0) is 0 Å². The standard InChI is InChI=1S/C18H20O3/c1-12(2)13-5-7-14(8-6-13)18(19)16-11-15(20-3)9-10-17(16)21-4/h5-12H,1-4H3. The second-order valence-electron chi connectivity index (χ2n) is 5.17. The zero-order chi connectivity index (χ0) is 15.4. The predicted octanol–water partition coefficient (Wildman–Crippen LogP) is 4.06. The van der Waals surface area contributed by atoms with E-state index in [1.807, 2.05) is 24.3 Å². The van der Waals surface area contributed by atoms with Crippen molar-refractivity contribution < 1.29 is 14.3 Å². The number of ether oxygens (including phenoxy) is 2. The Balaban J connectivity index is 2.39. The van der Waals surface area contributed by atoms with E-state index in [1.54, 1.807) is 32.4 Å². The van der Waals surface area contributed by atoms with Gasteiger partial charge in [0, 0.05) is 5.56 Å². The molecule has 0 atom stereocenters. The van der Waals surface area contributed by atoms with Gasteiger partial charge in [0.25, 0.3) is 0 Å². The average Bonchev–Trinajstić information content (AvgIpc) is 2.53. The Bertz CT molecular complexity index is 627. The van der Waals surface area contributed by atoms with Crippen LogP contribution in [0.4, 0.5) is 0 Å². The Labute approximate surface area is 125 Å². The maximum atomic E-state index is 12.6. The summed E-state index contributed by atoms with van der Waals surface area (Å²) in [5.74, 6) is 1.56. The normalized spacial score (nSPS) is 10.5. The molecule has 0 unspecified atom stereocenters. The molecule has 0 bridgehead atoms. The van der Waals surface area contributed by atoms with Gasteiger partial charge < -0.3 is 9.47 Å². The Hall–Kier alpha value is -2.29. The molecule has 110 valence electrons. The van der Waals surface area contributed by atoms with Gasteiger partial charge in [-0.25, -0.2) is 0 Å². The van der Waals surface area contributed by atoms with E-state index in [2.05, 4.69) is 13.8 Å². The minimum Gasteiger partial charge on any atom is -0.497 e. The topological polar surface area (TPSA) is 35.5 Å². The lowest BCUT2D eigenvalue weighted by Gasteiger charge is -2.10. The summed E-state index contributed by atoms with van der Waals surface area (Å²) in [4.78, 5) is 12.6. The highest BCUT2D eigenvalue weighted by atomic mass is 16.5. The van der Waals surface area contributed by atoms with Crippen molar-refractivity contribution in [1.29, 1.82) is 0 Å². The molecular formula is C18H20O3. The summed E-state index contributed by atoms with van der Waals surface area (Å²) in [7, 11) is 3.13. The molecular weight excluding hydrogens is 264 g/mol. The third kappa shape index (κ3) is 3.24. The van der Waals surface area contributed by atoms with Gasteiger partial charge in [-0.15, -0.1) is 0 Å².